The maximum absolute atomic E-state index is 12.8. The minimum absolute atomic E-state index is 0.00863. The number of thioether (sulfide) groups is 1. The fraction of sp³-hybridized carbons (Fsp3) is 0.227. The van der Waals surface area contributed by atoms with Gasteiger partial charge in [0.05, 0.1) is 36.4 Å². The molecule has 0 amide bonds. The lowest BCUT2D eigenvalue weighted by atomic mass is 10.2. The van der Waals surface area contributed by atoms with Crippen molar-refractivity contribution in [3.05, 3.63) is 63.9 Å². The van der Waals surface area contributed by atoms with Crippen molar-refractivity contribution >= 4 is 34.0 Å². The molecule has 0 radical (unpaired) electrons. The average Bonchev–Trinajstić information content (AvgIpc) is 3.26. The van der Waals surface area contributed by atoms with E-state index in [1.54, 1.807) is 30.1 Å². The minimum atomic E-state index is -0.00863. The third-order valence-corrected chi connectivity index (χ3v) is 6.61. The Balaban J connectivity index is 1.61. The summed E-state index contributed by atoms with van der Waals surface area (Å²) in [7, 11) is 3.25. The van der Waals surface area contributed by atoms with E-state index in [0.29, 0.717) is 34.3 Å². The molecule has 4 aromatic rings. The van der Waals surface area contributed by atoms with Crippen molar-refractivity contribution < 1.29 is 9.47 Å². The Morgan fingerprint density at radius 3 is 2.67 bits per heavy atom. The summed E-state index contributed by atoms with van der Waals surface area (Å²) in [6.45, 7) is 2.53. The Morgan fingerprint density at radius 2 is 1.90 bits per heavy atom. The zero-order valence-electron chi connectivity index (χ0n) is 16.9. The number of ether oxygens (including phenoxy) is 2. The molecule has 0 unspecified atom stereocenters. The molecule has 2 aromatic carbocycles. The topological polar surface area (TPSA) is 66.2 Å². The van der Waals surface area contributed by atoms with Crippen molar-refractivity contribution in [2.24, 2.45) is 0 Å². The molecule has 0 fully saturated rings. The van der Waals surface area contributed by atoms with Crippen LogP contribution in [0.4, 0.5) is 0 Å². The summed E-state index contributed by atoms with van der Waals surface area (Å²) in [4.78, 5) is 22.3. The Bertz CT molecular complexity index is 1250. The minimum Gasteiger partial charge on any atom is -0.493 e. The summed E-state index contributed by atoms with van der Waals surface area (Å²) in [5, 5.41) is 4.23. The number of thiazole rings is 1. The molecule has 2 aromatic heterocycles. The van der Waals surface area contributed by atoms with Gasteiger partial charge < -0.3 is 9.47 Å². The Labute approximate surface area is 182 Å². The number of aromatic nitrogens is 3. The van der Waals surface area contributed by atoms with Crippen LogP contribution in [0.5, 0.6) is 11.5 Å². The highest BCUT2D eigenvalue weighted by Crippen LogP contribution is 2.39. The largest absolute Gasteiger partial charge is 0.493 e. The van der Waals surface area contributed by atoms with Crippen LogP contribution >= 0.6 is 23.1 Å². The maximum Gasteiger partial charge on any atom is 0.262 e. The van der Waals surface area contributed by atoms with Gasteiger partial charge in [0.1, 0.15) is 5.01 Å². The lowest BCUT2D eigenvalue weighted by Crippen LogP contribution is -2.22. The van der Waals surface area contributed by atoms with E-state index in [0.717, 1.165) is 21.8 Å². The van der Waals surface area contributed by atoms with Gasteiger partial charge in [-0.1, -0.05) is 30.0 Å². The van der Waals surface area contributed by atoms with Crippen molar-refractivity contribution in [2.45, 2.75) is 24.4 Å². The summed E-state index contributed by atoms with van der Waals surface area (Å²) in [5.74, 6) is 1.96. The Kier molecular flexibility index (Phi) is 6.06. The van der Waals surface area contributed by atoms with Crippen LogP contribution in [0.1, 0.15) is 12.6 Å². The third-order valence-electron chi connectivity index (χ3n) is 4.68. The van der Waals surface area contributed by atoms with Gasteiger partial charge in [0.25, 0.3) is 5.56 Å². The van der Waals surface area contributed by atoms with Gasteiger partial charge in [-0.3, -0.25) is 9.36 Å². The van der Waals surface area contributed by atoms with Crippen molar-refractivity contribution in [1.82, 2.24) is 14.5 Å². The lowest BCUT2D eigenvalue weighted by Gasteiger charge is -2.11. The second kappa shape index (κ2) is 8.89. The number of rotatable bonds is 7. The van der Waals surface area contributed by atoms with Crippen LogP contribution in [0.15, 0.2) is 57.8 Å². The molecule has 2 heterocycles. The Morgan fingerprint density at radius 1 is 1.07 bits per heavy atom. The summed E-state index contributed by atoms with van der Waals surface area (Å²) < 4.78 is 12.6. The monoisotopic (exact) mass is 439 g/mol. The molecule has 0 bridgehead atoms. The number of para-hydroxylation sites is 2. The molecule has 0 saturated heterocycles. The van der Waals surface area contributed by atoms with E-state index in [1.807, 2.05) is 54.8 Å². The standard InChI is InChI=1S/C22H21N3O3S2/c1-4-25-21(26)15-8-5-6-10-17(15)24-22(25)30-13-14-12-29-20(23-14)16-9-7-11-18(27-2)19(16)28-3/h5-12H,4,13H2,1-3H3. The van der Waals surface area contributed by atoms with Crippen molar-refractivity contribution in [2.75, 3.05) is 14.2 Å². The fourth-order valence-corrected chi connectivity index (χ4v) is 5.13. The summed E-state index contributed by atoms with van der Waals surface area (Å²) in [6, 6.07) is 13.2. The zero-order chi connectivity index (χ0) is 21.1. The molecular weight excluding hydrogens is 418 g/mol. The molecule has 8 heteroatoms. The first-order valence-electron chi connectivity index (χ1n) is 9.44. The SMILES string of the molecule is CCn1c(SCc2csc(-c3cccc(OC)c3OC)n2)nc2ccccc2c1=O. The number of methoxy groups -OCH3 is 2. The normalized spacial score (nSPS) is 11.0. The number of nitrogens with zero attached hydrogens (tertiary/aromatic N) is 3. The molecule has 6 nitrogen and oxygen atoms in total. The van der Waals surface area contributed by atoms with Crippen LogP contribution in [-0.2, 0) is 12.3 Å². The van der Waals surface area contributed by atoms with Crippen molar-refractivity contribution in [3.63, 3.8) is 0 Å². The molecule has 4 rings (SSSR count). The van der Waals surface area contributed by atoms with Gasteiger partial charge in [0, 0.05) is 17.7 Å². The van der Waals surface area contributed by atoms with Crippen LogP contribution in [-0.4, -0.2) is 28.8 Å². The number of hydrogen-bond acceptors (Lipinski definition) is 7. The molecule has 0 aliphatic carbocycles. The molecule has 0 saturated carbocycles. The van der Waals surface area contributed by atoms with Crippen LogP contribution in [0.3, 0.4) is 0 Å². The van der Waals surface area contributed by atoms with Gasteiger partial charge in [-0.2, -0.15) is 0 Å². The van der Waals surface area contributed by atoms with Crippen LogP contribution in [0.25, 0.3) is 21.5 Å². The van der Waals surface area contributed by atoms with Gasteiger partial charge in [0.2, 0.25) is 0 Å². The number of benzene rings is 2. The van der Waals surface area contributed by atoms with Crippen molar-refractivity contribution in [1.29, 1.82) is 0 Å². The first kappa shape index (κ1) is 20.4. The highest BCUT2D eigenvalue weighted by Gasteiger charge is 2.16. The van der Waals surface area contributed by atoms with E-state index in [-0.39, 0.29) is 5.56 Å². The summed E-state index contributed by atoms with van der Waals surface area (Å²) in [6.07, 6.45) is 0. The first-order valence-corrected chi connectivity index (χ1v) is 11.3. The van der Waals surface area contributed by atoms with Gasteiger partial charge in [-0.15, -0.1) is 11.3 Å². The number of fused-ring (bicyclic) bond motifs is 1. The van der Waals surface area contributed by atoms with Gasteiger partial charge in [-0.05, 0) is 31.2 Å². The molecule has 0 spiro atoms. The fourth-order valence-electron chi connectivity index (χ4n) is 3.23. The van der Waals surface area contributed by atoms with E-state index < -0.39 is 0 Å². The van der Waals surface area contributed by atoms with Gasteiger partial charge in [-0.25, -0.2) is 9.97 Å². The van der Waals surface area contributed by atoms with Gasteiger partial charge in [0.15, 0.2) is 16.7 Å². The highest BCUT2D eigenvalue weighted by molar-refractivity contribution is 7.98. The third kappa shape index (κ3) is 3.80. The van der Waals surface area contributed by atoms with E-state index in [2.05, 4.69) is 0 Å². The predicted molar refractivity (Wildman–Crippen MR) is 122 cm³/mol. The molecule has 0 aliphatic heterocycles. The van der Waals surface area contributed by atoms with E-state index in [1.165, 1.54) is 11.8 Å². The molecular formula is C22H21N3O3S2. The summed E-state index contributed by atoms with van der Waals surface area (Å²) in [5.41, 5.74) is 2.53. The van der Waals surface area contributed by atoms with E-state index in [4.69, 9.17) is 19.4 Å². The second-order valence-electron chi connectivity index (χ2n) is 6.43. The summed E-state index contributed by atoms with van der Waals surface area (Å²) >= 11 is 3.07. The maximum atomic E-state index is 12.8. The van der Waals surface area contributed by atoms with Crippen LogP contribution in [0, 0.1) is 0 Å². The molecule has 30 heavy (non-hydrogen) atoms. The number of hydrogen-bond donors (Lipinski definition) is 0. The average molecular weight is 440 g/mol. The van der Waals surface area contributed by atoms with Crippen LogP contribution in [0.2, 0.25) is 0 Å². The van der Waals surface area contributed by atoms with Crippen molar-refractivity contribution in [3.8, 4) is 22.1 Å². The predicted octanol–water partition coefficient (Wildman–Crippen LogP) is 4.85. The lowest BCUT2D eigenvalue weighted by molar-refractivity contribution is 0.356. The quantitative estimate of drug-likeness (QED) is 0.303. The van der Waals surface area contributed by atoms with E-state index in [9.17, 15) is 4.79 Å². The first-order chi connectivity index (χ1) is 14.7. The smallest absolute Gasteiger partial charge is 0.262 e. The van der Waals surface area contributed by atoms with Crippen LogP contribution < -0.4 is 15.0 Å². The van der Waals surface area contributed by atoms with Gasteiger partial charge >= 0.3 is 0 Å². The van der Waals surface area contributed by atoms with E-state index >= 15 is 0 Å². The zero-order valence-corrected chi connectivity index (χ0v) is 18.5. The molecule has 0 atom stereocenters. The molecule has 0 aliphatic rings. The molecule has 154 valence electrons. The molecule has 0 N–H and O–H groups in total. The Hall–Kier alpha value is -2.84. The highest BCUT2D eigenvalue weighted by atomic mass is 32.2. The second-order valence-corrected chi connectivity index (χ2v) is 8.24.